The predicted octanol–water partition coefficient (Wildman–Crippen LogP) is 7.60. The van der Waals surface area contributed by atoms with E-state index in [2.05, 4.69) is 31.3 Å². The summed E-state index contributed by atoms with van der Waals surface area (Å²) in [4.78, 5) is 33.6. The molecule has 1 unspecified atom stereocenters. The van der Waals surface area contributed by atoms with Crippen molar-refractivity contribution in [2.75, 3.05) is 40.5 Å². The van der Waals surface area contributed by atoms with E-state index in [1.165, 1.54) is 34.5 Å². The monoisotopic (exact) mass is 737 g/mol. The second kappa shape index (κ2) is 17.5. The molecule has 3 N–H and O–H groups in total. The van der Waals surface area contributed by atoms with Gasteiger partial charge in [-0.15, -0.1) is 5.48 Å². The molecular weight excluding hydrogens is 698 g/mol. The highest BCUT2D eigenvalue weighted by Gasteiger charge is 2.26. The third kappa shape index (κ3) is 8.25. The van der Waals surface area contributed by atoms with Crippen molar-refractivity contribution < 1.29 is 42.6 Å². The number of nitrogens with one attached hydrogen (secondary N) is 3. The van der Waals surface area contributed by atoms with Crippen LogP contribution in [0, 0.1) is 6.92 Å². The molecule has 0 aliphatic carbocycles. The number of ether oxygens (including phenoxy) is 5. The molecule has 1 aromatic heterocycles. The number of amides is 2. The Morgan fingerprint density at radius 3 is 2.31 bits per heavy atom. The van der Waals surface area contributed by atoms with Crippen LogP contribution in [0.5, 0.6) is 34.5 Å². The van der Waals surface area contributed by atoms with Gasteiger partial charge in [-0.3, -0.25) is 9.59 Å². The topological polar surface area (TPSA) is 200 Å². The highest BCUT2D eigenvalue weighted by molar-refractivity contribution is 6.02. The molecule has 1 aliphatic heterocycles. The van der Waals surface area contributed by atoms with E-state index in [9.17, 15) is 9.59 Å². The molecule has 16 nitrogen and oxygen atoms in total. The maximum atomic E-state index is 12.8. The van der Waals surface area contributed by atoms with E-state index < -0.39 is 12.1 Å². The number of methoxy groups -OCH3 is 4. The maximum Gasteiger partial charge on any atom is 0.255 e. The maximum absolute atomic E-state index is 12.8. The minimum absolute atomic E-state index is 0.00266. The number of hydrogen-bond acceptors (Lipinski definition) is 12. The van der Waals surface area contributed by atoms with Gasteiger partial charge in [0, 0.05) is 27.8 Å². The number of nitrogens with zero attached hydrogens (tertiary/aromatic N) is 4. The molecule has 0 spiro atoms. The van der Waals surface area contributed by atoms with Gasteiger partial charge in [0.2, 0.25) is 0 Å². The quantitative estimate of drug-likeness (QED) is 0.0267. The third-order valence-corrected chi connectivity index (χ3v) is 8.08. The smallest absolute Gasteiger partial charge is 0.255 e. The van der Waals surface area contributed by atoms with Gasteiger partial charge in [-0.1, -0.05) is 36.7 Å². The Hall–Kier alpha value is -6.90. The zero-order chi connectivity index (χ0) is 38.8. The van der Waals surface area contributed by atoms with Crippen molar-refractivity contribution >= 4 is 17.5 Å². The first-order valence-electron chi connectivity index (χ1n) is 16.7. The predicted molar refractivity (Wildman–Crippen MR) is 199 cm³/mol. The number of anilines is 1. The number of rotatable bonds is 13. The van der Waals surface area contributed by atoms with Gasteiger partial charge in [0.15, 0.2) is 47.0 Å². The molecule has 2 amide bonds. The van der Waals surface area contributed by atoms with Crippen LogP contribution in [0.4, 0.5) is 5.69 Å². The Morgan fingerprint density at radius 1 is 0.852 bits per heavy atom. The standard InChI is InChI=1S/C36H33N7O9.C2H6/c1-19-6-9-25-23(12-19)35(44)40-34(39-25)21-8-11-28(30(15-21)47-3)50-18-38-51-31-14-20(7-10-27(31)46-2)29-17-26(42-52-29)22-13-24(36(45)41-43-37)33(49-5)32(16-22)48-4;1-2/h6-17,34,38-39H,18H2,1-5H3,(H,40,44);1-2H3. The van der Waals surface area contributed by atoms with Crippen LogP contribution in [0.3, 0.4) is 0 Å². The second-order valence-electron chi connectivity index (χ2n) is 11.2. The molecule has 16 heteroatoms. The molecule has 0 fully saturated rings. The molecule has 5 aromatic rings. The van der Waals surface area contributed by atoms with Crippen molar-refractivity contribution in [3.63, 3.8) is 0 Å². The van der Waals surface area contributed by atoms with Gasteiger partial charge >= 0.3 is 0 Å². The molecule has 0 radical (unpaired) electrons. The van der Waals surface area contributed by atoms with E-state index in [4.69, 9.17) is 38.6 Å². The largest absolute Gasteiger partial charge is 0.493 e. The molecule has 2 heterocycles. The number of fused-ring (bicyclic) bond motifs is 1. The molecule has 0 saturated heterocycles. The number of aryl methyl sites for hydroxylation is 1. The molecule has 4 aromatic carbocycles. The number of aromatic nitrogens is 1. The Balaban J connectivity index is 0.00000276. The molecule has 280 valence electrons. The average molecular weight is 738 g/mol. The number of hydrogen-bond donors (Lipinski definition) is 3. The van der Waals surface area contributed by atoms with Crippen LogP contribution < -0.4 is 44.6 Å². The number of carbonyl (C=O) groups is 2. The SMILES string of the molecule is CC.COc1cc(C2NC(=O)c3cc(C)ccc3N2)ccc1OCNOc1cc(-c2cc(-c3cc(OC)c(OC)c(C(=O)N=[N+]=[N-])c3)no2)ccc1OC. The van der Waals surface area contributed by atoms with Crippen LogP contribution in [-0.4, -0.2) is 52.1 Å². The van der Waals surface area contributed by atoms with E-state index in [1.54, 1.807) is 42.5 Å². The molecule has 0 bridgehead atoms. The highest BCUT2D eigenvalue weighted by atomic mass is 16.7. The first kappa shape index (κ1) is 38.3. The minimum atomic E-state index is -0.847. The third-order valence-electron chi connectivity index (χ3n) is 8.08. The first-order chi connectivity index (χ1) is 26.3. The fourth-order valence-corrected chi connectivity index (χ4v) is 5.56. The Morgan fingerprint density at radius 2 is 1.59 bits per heavy atom. The Labute approximate surface area is 310 Å². The number of benzene rings is 4. The number of carbonyl (C=O) groups excluding carboxylic acids is 2. The molecule has 6 rings (SSSR count). The van der Waals surface area contributed by atoms with Crippen molar-refractivity contribution in [3.8, 4) is 57.1 Å². The van der Waals surface area contributed by atoms with E-state index >= 15 is 0 Å². The van der Waals surface area contributed by atoms with E-state index in [-0.39, 0.29) is 29.7 Å². The zero-order valence-electron chi connectivity index (χ0n) is 30.7. The lowest BCUT2D eigenvalue weighted by molar-refractivity contribution is 0.0934. The lowest BCUT2D eigenvalue weighted by Gasteiger charge is -2.28. The Bertz CT molecular complexity index is 2200. The van der Waals surface area contributed by atoms with E-state index in [1.807, 2.05) is 45.0 Å². The summed E-state index contributed by atoms with van der Waals surface area (Å²) in [5, 5.41) is 13.7. The van der Waals surface area contributed by atoms with Crippen molar-refractivity contribution in [1.82, 2.24) is 16.0 Å². The van der Waals surface area contributed by atoms with Crippen LogP contribution in [0.1, 0.15) is 51.9 Å². The summed E-state index contributed by atoms with van der Waals surface area (Å²) in [6.45, 7) is 5.86. The average Bonchev–Trinajstić information content (AvgIpc) is 3.70. The summed E-state index contributed by atoms with van der Waals surface area (Å²) in [6, 6.07) is 20.9. The summed E-state index contributed by atoms with van der Waals surface area (Å²) in [5.41, 5.74) is 16.1. The van der Waals surface area contributed by atoms with Crippen LogP contribution in [0.2, 0.25) is 0 Å². The molecular formula is C38H39N7O9. The molecule has 1 atom stereocenters. The van der Waals surface area contributed by atoms with Crippen LogP contribution in [0.15, 0.2) is 82.4 Å². The van der Waals surface area contributed by atoms with Gasteiger partial charge < -0.3 is 43.7 Å². The van der Waals surface area contributed by atoms with Gasteiger partial charge in [-0.2, -0.15) is 0 Å². The van der Waals surface area contributed by atoms with Crippen LogP contribution in [-0.2, 0) is 0 Å². The van der Waals surface area contributed by atoms with Crippen molar-refractivity contribution in [2.45, 2.75) is 26.9 Å². The highest BCUT2D eigenvalue weighted by Crippen LogP contribution is 2.39. The molecule has 1 aliphatic rings. The van der Waals surface area contributed by atoms with Crippen LogP contribution in [0.25, 0.3) is 33.0 Å². The van der Waals surface area contributed by atoms with Crippen molar-refractivity contribution in [1.29, 1.82) is 0 Å². The van der Waals surface area contributed by atoms with Gasteiger partial charge in [-0.25, -0.2) is 0 Å². The summed E-state index contributed by atoms with van der Waals surface area (Å²) in [7, 11) is 5.82. The lowest BCUT2D eigenvalue weighted by Crippen LogP contribution is -2.38. The number of azide groups is 1. The summed E-state index contributed by atoms with van der Waals surface area (Å²) in [6.07, 6.45) is -0.461. The fourth-order valence-electron chi connectivity index (χ4n) is 5.56. The summed E-state index contributed by atoms with van der Waals surface area (Å²) >= 11 is 0. The lowest BCUT2D eigenvalue weighted by atomic mass is 10.0. The van der Waals surface area contributed by atoms with Gasteiger partial charge in [0.25, 0.3) is 11.8 Å². The summed E-state index contributed by atoms with van der Waals surface area (Å²) in [5.74, 6) is 1.36. The molecule has 0 saturated carbocycles. The minimum Gasteiger partial charge on any atom is -0.493 e. The zero-order valence-corrected chi connectivity index (χ0v) is 30.7. The fraction of sp³-hybridized carbons (Fsp3) is 0.237. The molecule has 54 heavy (non-hydrogen) atoms. The Kier molecular flexibility index (Phi) is 12.5. The van der Waals surface area contributed by atoms with E-state index in [0.29, 0.717) is 51.1 Å². The normalized spacial score (nSPS) is 12.7. The van der Waals surface area contributed by atoms with Gasteiger partial charge in [0.1, 0.15) is 11.9 Å². The van der Waals surface area contributed by atoms with Gasteiger partial charge in [0.05, 0.1) is 39.6 Å². The van der Waals surface area contributed by atoms with Crippen molar-refractivity contribution in [2.24, 2.45) is 5.11 Å². The second-order valence-corrected chi connectivity index (χ2v) is 11.2. The number of hydroxylamine groups is 1. The summed E-state index contributed by atoms with van der Waals surface area (Å²) < 4.78 is 33.3. The van der Waals surface area contributed by atoms with Gasteiger partial charge in [-0.05, 0) is 77.7 Å². The first-order valence-corrected chi connectivity index (χ1v) is 16.7. The van der Waals surface area contributed by atoms with Crippen molar-refractivity contribution in [3.05, 3.63) is 105 Å². The van der Waals surface area contributed by atoms with E-state index in [0.717, 1.165) is 16.8 Å². The van der Waals surface area contributed by atoms with Crippen LogP contribution >= 0.6 is 0 Å².